The Balaban J connectivity index is 1.69. The van der Waals surface area contributed by atoms with E-state index in [9.17, 15) is 4.79 Å². The summed E-state index contributed by atoms with van der Waals surface area (Å²) in [5.41, 5.74) is 11.1. The predicted molar refractivity (Wildman–Crippen MR) is 105 cm³/mol. The van der Waals surface area contributed by atoms with Gasteiger partial charge in [-0.05, 0) is 54.3 Å². The Labute approximate surface area is 151 Å². The van der Waals surface area contributed by atoms with Crippen LogP contribution in [0.1, 0.15) is 29.2 Å². The zero-order valence-corrected chi connectivity index (χ0v) is 14.4. The van der Waals surface area contributed by atoms with Gasteiger partial charge < -0.3 is 15.6 Å². The van der Waals surface area contributed by atoms with Gasteiger partial charge in [0.05, 0.1) is 11.6 Å². The number of nitrogens with two attached hydrogens (primary N) is 1. The van der Waals surface area contributed by atoms with Crippen LogP contribution in [0.25, 0.3) is 5.70 Å². The first-order chi connectivity index (χ1) is 12.6. The Bertz CT molecular complexity index is 1020. The zero-order chi connectivity index (χ0) is 18.1. The highest BCUT2D eigenvalue weighted by atomic mass is 16.1. The highest BCUT2D eigenvalue weighted by molar-refractivity contribution is 5.74. The first-order valence-electron chi connectivity index (χ1n) is 8.60. The van der Waals surface area contributed by atoms with Crippen LogP contribution in [-0.4, -0.2) is 9.55 Å². The van der Waals surface area contributed by atoms with E-state index in [0.29, 0.717) is 11.3 Å². The Morgan fingerprint density at radius 2 is 2.00 bits per heavy atom. The molecule has 1 aliphatic carbocycles. The lowest BCUT2D eigenvalue weighted by molar-refractivity contribution is 0.560. The standard InChI is InChI=1S/C21H20N4O/c1-14(24-15-9-11-23-12-10-15)16-5-3-13-25(21(16)26)20-8-7-17-18(20)4-2-6-19(17)22/h2-6,9-13,20H,1,7-8,22H2,(H,23,24). The highest BCUT2D eigenvalue weighted by Crippen LogP contribution is 2.36. The summed E-state index contributed by atoms with van der Waals surface area (Å²) in [4.78, 5) is 17.1. The molecule has 2 heterocycles. The third kappa shape index (κ3) is 2.77. The SMILES string of the molecule is C=C(Nc1ccncc1)c1cccn(C2CCc3c(N)cccc32)c1=O. The highest BCUT2D eigenvalue weighted by Gasteiger charge is 2.26. The number of nitrogens with zero attached hydrogens (tertiary/aromatic N) is 2. The second-order valence-corrected chi connectivity index (χ2v) is 6.44. The van der Waals surface area contributed by atoms with Crippen LogP contribution in [0.15, 0.2) is 72.4 Å². The fourth-order valence-electron chi connectivity index (χ4n) is 3.61. The normalized spacial score (nSPS) is 15.5. The maximum atomic E-state index is 13.1. The van der Waals surface area contributed by atoms with E-state index in [2.05, 4.69) is 22.9 Å². The smallest absolute Gasteiger partial charge is 0.260 e. The van der Waals surface area contributed by atoms with Gasteiger partial charge in [-0.25, -0.2) is 0 Å². The van der Waals surface area contributed by atoms with E-state index in [0.717, 1.165) is 35.3 Å². The summed E-state index contributed by atoms with van der Waals surface area (Å²) < 4.78 is 1.79. The molecule has 3 aromatic rings. The van der Waals surface area contributed by atoms with Crippen molar-refractivity contribution in [2.75, 3.05) is 11.1 Å². The van der Waals surface area contributed by atoms with Crippen LogP contribution in [0, 0.1) is 0 Å². The van der Waals surface area contributed by atoms with Crippen molar-refractivity contribution in [2.45, 2.75) is 18.9 Å². The fraction of sp³-hybridized carbons (Fsp3) is 0.143. The van der Waals surface area contributed by atoms with E-state index >= 15 is 0 Å². The van der Waals surface area contributed by atoms with Gasteiger partial charge >= 0.3 is 0 Å². The summed E-state index contributed by atoms with van der Waals surface area (Å²) in [6.45, 7) is 4.04. The Hall–Kier alpha value is -3.34. The Morgan fingerprint density at radius 1 is 1.19 bits per heavy atom. The number of nitrogen functional groups attached to an aromatic ring is 1. The van der Waals surface area contributed by atoms with E-state index in [1.165, 1.54) is 0 Å². The zero-order valence-electron chi connectivity index (χ0n) is 14.4. The van der Waals surface area contributed by atoms with Crippen molar-refractivity contribution >= 4 is 17.1 Å². The van der Waals surface area contributed by atoms with E-state index in [1.807, 2.05) is 36.5 Å². The average Bonchev–Trinajstić information content (AvgIpc) is 3.08. The maximum absolute atomic E-state index is 13.1. The molecular weight excluding hydrogens is 324 g/mol. The van der Waals surface area contributed by atoms with Crippen molar-refractivity contribution in [3.8, 4) is 0 Å². The van der Waals surface area contributed by atoms with Crippen LogP contribution in [0.5, 0.6) is 0 Å². The van der Waals surface area contributed by atoms with Crippen LogP contribution in [0.2, 0.25) is 0 Å². The van der Waals surface area contributed by atoms with Gasteiger partial charge in [-0.1, -0.05) is 18.7 Å². The lowest BCUT2D eigenvalue weighted by Gasteiger charge is -2.18. The minimum atomic E-state index is -0.0562. The van der Waals surface area contributed by atoms with Gasteiger partial charge in [-0.15, -0.1) is 0 Å². The number of pyridine rings is 2. The first-order valence-corrected chi connectivity index (χ1v) is 8.60. The topological polar surface area (TPSA) is 72.9 Å². The van der Waals surface area contributed by atoms with Crippen molar-refractivity contribution < 1.29 is 0 Å². The Kier molecular flexibility index (Phi) is 4.05. The van der Waals surface area contributed by atoms with Crippen LogP contribution in [0.4, 0.5) is 11.4 Å². The minimum absolute atomic E-state index is 0.00896. The quantitative estimate of drug-likeness (QED) is 0.711. The van der Waals surface area contributed by atoms with E-state index in [4.69, 9.17) is 5.73 Å². The molecule has 2 aromatic heterocycles. The average molecular weight is 344 g/mol. The second kappa shape index (κ2) is 6.52. The third-order valence-corrected chi connectivity index (χ3v) is 4.89. The number of nitrogens with one attached hydrogen (secondary N) is 1. The summed E-state index contributed by atoms with van der Waals surface area (Å²) in [6, 6.07) is 13.3. The summed E-state index contributed by atoms with van der Waals surface area (Å²) >= 11 is 0. The van der Waals surface area contributed by atoms with Gasteiger partial charge in [-0.3, -0.25) is 9.78 Å². The molecular formula is C21H20N4O. The molecule has 0 radical (unpaired) electrons. The molecule has 0 spiro atoms. The summed E-state index contributed by atoms with van der Waals surface area (Å²) in [5, 5.41) is 3.18. The molecule has 26 heavy (non-hydrogen) atoms. The molecule has 130 valence electrons. The molecule has 0 saturated heterocycles. The first kappa shape index (κ1) is 16.1. The van der Waals surface area contributed by atoms with E-state index < -0.39 is 0 Å². The van der Waals surface area contributed by atoms with Crippen molar-refractivity contribution in [2.24, 2.45) is 0 Å². The maximum Gasteiger partial charge on any atom is 0.260 e. The van der Waals surface area contributed by atoms with Crippen LogP contribution in [-0.2, 0) is 6.42 Å². The second-order valence-electron chi connectivity index (χ2n) is 6.44. The number of anilines is 2. The molecule has 1 unspecified atom stereocenters. The van der Waals surface area contributed by atoms with Crippen molar-refractivity contribution in [3.05, 3.63) is 94.7 Å². The molecule has 1 atom stereocenters. The molecule has 0 saturated carbocycles. The van der Waals surface area contributed by atoms with Gasteiger partial charge in [0.25, 0.3) is 5.56 Å². The van der Waals surface area contributed by atoms with Gasteiger partial charge in [0, 0.05) is 35.7 Å². The monoisotopic (exact) mass is 344 g/mol. The molecule has 0 fully saturated rings. The number of fused-ring (bicyclic) bond motifs is 1. The summed E-state index contributed by atoms with van der Waals surface area (Å²) in [5.74, 6) is 0. The number of hydrogen-bond acceptors (Lipinski definition) is 4. The van der Waals surface area contributed by atoms with Gasteiger partial charge in [0.2, 0.25) is 0 Å². The third-order valence-electron chi connectivity index (χ3n) is 4.89. The summed E-state index contributed by atoms with van der Waals surface area (Å²) in [6.07, 6.45) is 6.99. The molecule has 4 rings (SSSR count). The molecule has 3 N–H and O–H groups in total. The largest absolute Gasteiger partial charge is 0.398 e. The van der Waals surface area contributed by atoms with E-state index in [-0.39, 0.29) is 11.6 Å². The number of aromatic nitrogens is 2. The Morgan fingerprint density at radius 3 is 2.81 bits per heavy atom. The molecule has 5 nitrogen and oxygen atoms in total. The van der Waals surface area contributed by atoms with Gasteiger partial charge in [0.1, 0.15) is 0 Å². The molecule has 5 heteroatoms. The molecule has 0 bridgehead atoms. The molecule has 1 aromatic carbocycles. The molecule has 1 aliphatic rings. The van der Waals surface area contributed by atoms with E-state index in [1.54, 1.807) is 23.0 Å². The van der Waals surface area contributed by atoms with Crippen LogP contribution >= 0.6 is 0 Å². The molecule has 0 aliphatic heterocycles. The minimum Gasteiger partial charge on any atom is -0.398 e. The van der Waals surface area contributed by atoms with Gasteiger partial charge in [0.15, 0.2) is 0 Å². The predicted octanol–water partition coefficient (Wildman–Crippen LogP) is 3.44. The number of hydrogen-bond donors (Lipinski definition) is 2. The lowest BCUT2D eigenvalue weighted by atomic mass is 10.1. The van der Waals surface area contributed by atoms with Crippen LogP contribution in [0.3, 0.4) is 0 Å². The fourth-order valence-corrected chi connectivity index (χ4v) is 3.61. The van der Waals surface area contributed by atoms with Gasteiger partial charge in [-0.2, -0.15) is 0 Å². The molecule has 0 amide bonds. The summed E-state index contributed by atoms with van der Waals surface area (Å²) in [7, 11) is 0. The van der Waals surface area contributed by atoms with Crippen LogP contribution < -0.4 is 16.6 Å². The van der Waals surface area contributed by atoms with Crippen molar-refractivity contribution in [1.82, 2.24) is 9.55 Å². The lowest BCUT2D eigenvalue weighted by Crippen LogP contribution is -2.27. The number of benzene rings is 1. The van der Waals surface area contributed by atoms with Crippen molar-refractivity contribution in [3.63, 3.8) is 0 Å². The number of rotatable bonds is 4. The van der Waals surface area contributed by atoms with Crippen molar-refractivity contribution in [1.29, 1.82) is 0 Å².